The van der Waals surface area contributed by atoms with Gasteiger partial charge in [-0.3, -0.25) is 4.79 Å². The first kappa shape index (κ1) is 19.5. The molecule has 152 valence electrons. The lowest BCUT2D eigenvalue weighted by Crippen LogP contribution is -2.40. The van der Waals surface area contributed by atoms with E-state index in [1.54, 1.807) is 13.0 Å². The SMILES string of the molecule is CCOC(=O)C1CCN(S(=O)(=O)c2ccc3[nH]c4c(c3c2)CCCCC4)CC1. The van der Waals surface area contributed by atoms with Crippen LogP contribution in [0.15, 0.2) is 23.1 Å². The topological polar surface area (TPSA) is 79.5 Å². The first-order chi connectivity index (χ1) is 13.5. The zero-order valence-corrected chi connectivity index (χ0v) is 17.2. The van der Waals surface area contributed by atoms with Gasteiger partial charge in [0.25, 0.3) is 0 Å². The molecule has 0 atom stereocenters. The molecular formula is C21H28N2O4S. The summed E-state index contributed by atoms with van der Waals surface area (Å²) in [5.74, 6) is -0.412. The molecule has 4 rings (SSSR count). The molecule has 1 aliphatic carbocycles. The van der Waals surface area contributed by atoms with Gasteiger partial charge in [-0.2, -0.15) is 4.31 Å². The summed E-state index contributed by atoms with van der Waals surface area (Å²) in [5, 5.41) is 1.04. The highest BCUT2D eigenvalue weighted by Crippen LogP contribution is 2.32. The number of aromatic amines is 1. The summed E-state index contributed by atoms with van der Waals surface area (Å²) < 4.78 is 33.0. The normalized spacial score (nSPS) is 19.3. The van der Waals surface area contributed by atoms with Crippen LogP contribution in [-0.2, 0) is 32.4 Å². The van der Waals surface area contributed by atoms with E-state index in [0.29, 0.717) is 37.4 Å². The number of H-pyrrole nitrogens is 1. The third-order valence-corrected chi connectivity index (χ3v) is 7.93. The van der Waals surface area contributed by atoms with Crippen molar-refractivity contribution in [3.8, 4) is 0 Å². The molecule has 1 N–H and O–H groups in total. The number of nitrogens with one attached hydrogen (secondary N) is 1. The van der Waals surface area contributed by atoms with Crippen LogP contribution in [0.4, 0.5) is 0 Å². The van der Waals surface area contributed by atoms with Gasteiger partial charge in [0.1, 0.15) is 0 Å². The number of aromatic nitrogens is 1. The Balaban J connectivity index is 1.57. The summed E-state index contributed by atoms with van der Waals surface area (Å²) in [6.45, 7) is 2.86. The molecule has 0 unspecified atom stereocenters. The summed E-state index contributed by atoms with van der Waals surface area (Å²) >= 11 is 0. The number of rotatable bonds is 4. The van der Waals surface area contributed by atoms with Crippen molar-refractivity contribution in [2.24, 2.45) is 5.92 Å². The molecule has 0 spiro atoms. The van der Waals surface area contributed by atoms with Crippen LogP contribution in [0.2, 0.25) is 0 Å². The maximum Gasteiger partial charge on any atom is 0.309 e. The molecule has 2 aromatic rings. The lowest BCUT2D eigenvalue weighted by atomic mass is 9.98. The fraction of sp³-hybridized carbons (Fsp3) is 0.571. The van der Waals surface area contributed by atoms with Crippen molar-refractivity contribution >= 4 is 26.9 Å². The standard InChI is InChI=1S/C21H28N2O4S/c1-2-27-21(24)15-10-12-23(13-11-15)28(25,26)16-8-9-20-18(14-16)17-6-4-3-5-7-19(17)22-20/h8-9,14-15,22H,2-7,10-13H2,1H3. The van der Waals surface area contributed by atoms with Crippen molar-refractivity contribution in [2.45, 2.75) is 56.8 Å². The van der Waals surface area contributed by atoms with Crippen LogP contribution in [0.5, 0.6) is 0 Å². The Hall–Kier alpha value is -1.86. The molecule has 0 saturated carbocycles. The summed E-state index contributed by atoms with van der Waals surface area (Å²) in [6, 6.07) is 5.43. The molecular weight excluding hydrogens is 376 g/mol. The first-order valence-corrected chi connectivity index (χ1v) is 11.7. The number of carbonyl (C=O) groups is 1. The van der Waals surface area contributed by atoms with Crippen LogP contribution in [0, 0.1) is 5.92 Å². The van der Waals surface area contributed by atoms with Gasteiger partial charge in [0, 0.05) is 29.7 Å². The number of nitrogens with zero attached hydrogens (tertiary/aromatic N) is 1. The number of carbonyl (C=O) groups excluding carboxylic acids is 1. The summed E-state index contributed by atoms with van der Waals surface area (Å²) in [5.41, 5.74) is 3.56. The van der Waals surface area contributed by atoms with Crippen LogP contribution in [0.1, 0.15) is 50.3 Å². The van der Waals surface area contributed by atoms with Crippen molar-refractivity contribution in [1.82, 2.24) is 9.29 Å². The number of piperidine rings is 1. The molecule has 2 aliphatic rings. The predicted molar refractivity (Wildman–Crippen MR) is 108 cm³/mol. The van der Waals surface area contributed by atoms with Crippen LogP contribution in [0.25, 0.3) is 10.9 Å². The highest BCUT2D eigenvalue weighted by molar-refractivity contribution is 7.89. The molecule has 1 saturated heterocycles. The molecule has 2 heterocycles. The number of sulfonamides is 1. The second kappa shape index (κ2) is 7.87. The highest BCUT2D eigenvalue weighted by Gasteiger charge is 2.33. The van der Waals surface area contributed by atoms with Gasteiger partial charge < -0.3 is 9.72 Å². The van der Waals surface area contributed by atoms with E-state index in [2.05, 4.69) is 4.98 Å². The molecule has 1 aromatic heterocycles. The largest absolute Gasteiger partial charge is 0.466 e. The van der Waals surface area contributed by atoms with Crippen molar-refractivity contribution in [3.63, 3.8) is 0 Å². The molecule has 0 amide bonds. The van der Waals surface area contributed by atoms with Gasteiger partial charge in [-0.05, 0) is 69.2 Å². The van der Waals surface area contributed by atoms with E-state index < -0.39 is 10.0 Å². The molecule has 1 aliphatic heterocycles. The minimum atomic E-state index is -3.56. The van der Waals surface area contributed by atoms with Crippen molar-refractivity contribution < 1.29 is 17.9 Å². The average Bonchev–Trinajstić information content (AvgIpc) is 2.88. The number of aryl methyl sites for hydroxylation is 2. The number of ether oxygens (including phenoxy) is 1. The third kappa shape index (κ3) is 3.57. The number of fused-ring (bicyclic) bond motifs is 3. The fourth-order valence-electron chi connectivity index (χ4n) is 4.46. The van der Waals surface area contributed by atoms with E-state index >= 15 is 0 Å². The van der Waals surface area contributed by atoms with Crippen LogP contribution < -0.4 is 0 Å². The zero-order chi connectivity index (χ0) is 19.7. The Kier molecular flexibility index (Phi) is 5.47. The minimum absolute atomic E-state index is 0.200. The predicted octanol–water partition coefficient (Wildman–Crippen LogP) is 3.40. The van der Waals surface area contributed by atoms with Crippen molar-refractivity contribution in [2.75, 3.05) is 19.7 Å². The minimum Gasteiger partial charge on any atom is -0.466 e. The molecule has 0 bridgehead atoms. The van der Waals surface area contributed by atoms with Crippen LogP contribution >= 0.6 is 0 Å². The number of benzene rings is 1. The number of hydrogen-bond acceptors (Lipinski definition) is 4. The Morgan fingerprint density at radius 3 is 2.68 bits per heavy atom. The van der Waals surface area contributed by atoms with E-state index in [-0.39, 0.29) is 11.9 Å². The van der Waals surface area contributed by atoms with Gasteiger partial charge in [0.05, 0.1) is 17.4 Å². The first-order valence-electron chi connectivity index (χ1n) is 10.3. The van der Waals surface area contributed by atoms with E-state index in [1.807, 2.05) is 12.1 Å². The summed E-state index contributed by atoms with van der Waals surface area (Å²) in [6.07, 6.45) is 6.62. The molecule has 7 heteroatoms. The van der Waals surface area contributed by atoms with Crippen molar-refractivity contribution in [3.05, 3.63) is 29.5 Å². The number of hydrogen-bond donors (Lipinski definition) is 1. The average molecular weight is 405 g/mol. The van der Waals surface area contributed by atoms with Gasteiger partial charge in [0.2, 0.25) is 10.0 Å². The quantitative estimate of drug-likeness (QED) is 0.626. The van der Waals surface area contributed by atoms with Gasteiger partial charge in [-0.15, -0.1) is 0 Å². The second-order valence-corrected chi connectivity index (χ2v) is 9.72. The highest BCUT2D eigenvalue weighted by atomic mass is 32.2. The molecule has 0 radical (unpaired) electrons. The van der Waals surface area contributed by atoms with E-state index in [0.717, 1.165) is 30.2 Å². The maximum atomic E-state index is 13.2. The molecule has 1 fully saturated rings. The van der Waals surface area contributed by atoms with E-state index in [4.69, 9.17) is 4.74 Å². The van der Waals surface area contributed by atoms with Gasteiger partial charge in [-0.25, -0.2) is 8.42 Å². The molecule has 6 nitrogen and oxygen atoms in total. The summed E-state index contributed by atoms with van der Waals surface area (Å²) in [7, 11) is -3.56. The monoisotopic (exact) mass is 404 g/mol. The Labute approximate surface area is 166 Å². The smallest absolute Gasteiger partial charge is 0.309 e. The fourth-order valence-corrected chi connectivity index (χ4v) is 5.96. The summed E-state index contributed by atoms with van der Waals surface area (Å²) in [4.78, 5) is 15.7. The van der Waals surface area contributed by atoms with Crippen molar-refractivity contribution in [1.29, 1.82) is 0 Å². The Morgan fingerprint density at radius 1 is 1.18 bits per heavy atom. The van der Waals surface area contributed by atoms with E-state index in [9.17, 15) is 13.2 Å². The Morgan fingerprint density at radius 2 is 1.93 bits per heavy atom. The third-order valence-electron chi connectivity index (χ3n) is 6.03. The van der Waals surface area contributed by atoms with Crippen LogP contribution in [0.3, 0.4) is 0 Å². The molecule has 28 heavy (non-hydrogen) atoms. The zero-order valence-electron chi connectivity index (χ0n) is 16.4. The van der Waals surface area contributed by atoms with Gasteiger partial charge in [0.15, 0.2) is 0 Å². The van der Waals surface area contributed by atoms with Gasteiger partial charge >= 0.3 is 5.97 Å². The Bertz CT molecular complexity index is 972. The number of esters is 1. The molecule has 1 aromatic carbocycles. The van der Waals surface area contributed by atoms with Gasteiger partial charge in [-0.1, -0.05) is 6.42 Å². The van der Waals surface area contributed by atoms with E-state index in [1.165, 1.54) is 28.4 Å². The lowest BCUT2D eigenvalue weighted by Gasteiger charge is -2.30. The van der Waals surface area contributed by atoms with Crippen LogP contribution in [-0.4, -0.2) is 43.4 Å². The maximum absolute atomic E-state index is 13.2. The second-order valence-electron chi connectivity index (χ2n) is 7.78. The lowest BCUT2D eigenvalue weighted by molar-refractivity contribution is -0.149.